The van der Waals surface area contributed by atoms with Crippen LogP contribution in [0.5, 0.6) is 0 Å². The number of amides is 2. The molecule has 3 aliphatic rings. The Kier molecular flexibility index (Phi) is 6.60. The highest BCUT2D eigenvalue weighted by Crippen LogP contribution is 2.38. The van der Waals surface area contributed by atoms with Gasteiger partial charge < -0.3 is 19.9 Å². The van der Waals surface area contributed by atoms with Crippen LogP contribution in [0.2, 0.25) is 0 Å². The van der Waals surface area contributed by atoms with Gasteiger partial charge in [-0.3, -0.25) is 14.3 Å². The number of nitrogens with one attached hydrogen (secondary N) is 2. The number of H-pyrrole nitrogens is 1. The Labute approximate surface area is 224 Å². The van der Waals surface area contributed by atoms with Crippen LogP contribution in [0.3, 0.4) is 0 Å². The summed E-state index contributed by atoms with van der Waals surface area (Å²) in [6.07, 6.45) is 5.73. The molecule has 2 N–H and O–H groups in total. The minimum Gasteiger partial charge on any atom is -0.380 e. The molecular formula is C27H33F2N7O3. The van der Waals surface area contributed by atoms with Crippen molar-refractivity contribution in [2.24, 2.45) is 24.8 Å². The fourth-order valence-corrected chi connectivity index (χ4v) is 6.11. The molecule has 5 heterocycles. The first kappa shape index (κ1) is 25.8. The summed E-state index contributed by atoms with van der Waals surface area (Å²) >= 11 is 0. The average Bonchev–Trinajstić information content (AvgIpc) is 3.64. The molecule has 3 aromatic rings. The molecule has 208 valence electrons. The fourth-order valence-electron chi connectivity index (χ4n) is 6.11. The van der Waals surface area contributed by atoms with Gasteiger partial charge in [-0.05, 0) is 42.9 Å². The van der Waals surface area contributed by atoms with E-state index in [4.69, 9.17) is 14.7 Å². The third kappa shape index (κ3) is 5.02. The van der Waals surface area contributed by atoms with E-state index in [1.807, 2.05) is 12.1 Å². The Balaban J connectivity index is 1.26. The van der Waals surface area contributed by atoms with Gasteiger partial charge in [0, 0.05) is 24.9 Å². The lowest BCUT2D eigenvalue weighted by atomic mass is 9.79. The summed E-state index contributed by atoms with van der Waals surface area (Å²) in [5.41, 5.74) is 2.32. The second-order valence-corrected chi connectivity index (χ2v) is 11.3. The Hall–Kier alpha value is -3.41. The van der Waals surface area contributed by atoms with Crippen molar-refractivity contribution < 1.29 is 23.1 Å². The third-order valence-corrected chi connectivity index (χ3v) is 8.49. The maximum atomic E-state index is 13.4. The number of aromatic nitrogens is 5. The quantitative estimate of drug-likeness (QED) is 0.495. The van der Waals surface area contributed by atoms with E-state index in [-0.39, 0.29) is 36.3 Å². The summed E-state index contributed by atoms with van der Waals surface area (Å²) < 4.78 is 33.8. The van der Waals surface area contributed by atoms with Gasteiger partial charge in [-0.15, -0.1) is 0 Å². The lowest BCUT2D eigenvalue weighted by molar-refractivity contribution is -0.169. The summed E-state index contributed by atoms with van der Waals surface area (Å²) in [5.74, 6) is -2.73. The van der Waals surface area contributed by atoms with E-state index in [9.17, 15) is 18.4 Å². The highest BCUT2D eigenvalue weighted by atomic mass is 19.3. The second kappa shape index (κ2) is 9.96. The molecule has 2 aliphatic heterocycles. The molecule has 3 unspecified atom stereocenters. The van der Waals surface area contributed by atoms with Crippen molar-refractivity contribution in [2.75, 3.05) is 26.3 Å². The number of likely N-dealkylation sites (tertiary alicyclic amines) is 1. The van der Waals surface area contributed by atoms with Crippen molar-refractivity contribution in [3.05, 3.63) is 41.6 Å². The van der Waals surface area contributed by atoms with Crippen molar-refractivity contribution in [1.82, 2.24) is 34.9 Å². The number of nitrogens with zero attached hydrogens (tertiary/aromatic N) is 5. The van der Waals surface area contributed by atoms with Crippen molar-refractivity contribution in [1.29, 1.82) is 0 Å². The van der Waals surface area contributed by atoms with Gasteiger partial charge in [0.25, 0.3) is 11.8 Å². The predicted octanol–water partition coefficient (Wildman–Crippen LogP) is 3.20. The number of carbonyl (C=O) groups is 2. The molecule has 1 aliphatic carbocycles. The van der Waals surface area contributed by atoms with Gasteiger partial charge in [0.2, 0.25) is 5.91 Å². The van der Waals surface area contributed by atoms with Gasteiger partial charge >= 0.3 is 0 Å². The SMILES string of the molecule is Cn1nccc1C(=O)NC(c1nc2nc(C3COCC3C(=O)N3CC(F)(F)C3)ccc2[nH]1)[C@H]1CC[C@H](C)CC1. The van der Waals surface area contributed by atoms with Crippen molar-refractivity contribution >= 4 is 23.0 Å². The number of halogens is 2. The number of ether oxygens (including phenoxy) is 1. The molecule has 1 saturated carbocycles. The summed E-state index contributed by atoms with van der Waals surface area (Å²) in [7, 11) is 1.73. The topological polar surface area (TPSA) is 118 Å². The lowest BCUT2D eigenvalue weighted by Gasteiger charge is -2.40. The summed E-state index contributed by atoms with van der Waals surface area (Å²) in [6.45, 7) is 1.63. The molecule has 2 saturated heterocycles. The number of pyridine rings is 1. The Morgan fingerprint density at radius 3 is 2.59 bits per heavy atom. The zero-order chi connectivity index (χ0) is 27.3. The smallest absolute Gasteiger partial charge is 0.282 e. The number of rotatable bonds is 6. The number of hydrogen-bond acceptors (Lipinski definition) is 6. The van der Waals surface area contributed by atoms with Crippen LogP contribution in [0, 0.1) is 17.8 Å². The fraction of sp³-hybridized carbons (Fsp3) is 0.593. The third-order valence-electron chi connectivity index (χ3n) is 8.49. The maximum Gasteiger partial charge on any atom is 0.282 e. The minimum atomic E-state index is -2.81. The molecule has 0 radical (unpaired) electrons. The zero-order valence-electron chi connectivity index (χ0n) is 22.1. The molecule has 12 heteroatoms. The number of fused-ring (bicyclic) bond motifs is 1. The predicted molar refractivity (Wildman–Crippen MR) is 137 cm³/mol. The number of hydrogen-bond donors (Lipinski definition) is 2. The summed E-state index contributed by atoms with van der Waals surface area (Å²) in [6, 6.07) is 5.06. The molecule has 3 aromatic heterocycles. The van der Waals surface area contributed by atoms with Gasteiger partial charge in [0.1, 0.15) is 11.5 Å². The molecule has 39 heavy (non-hydrogen) atoms. The van der Waals surface area contributed by atoms with Gasteiger partial charge in [0.05, 0.1) is 43.8 Å². The molecule has 3 fully saturated rings. The summed E-state index contributed by atoms with van der Waals surface area (Å²) in [5, 5.41) is 7.31. The lowest BCUT2D eigenvalue weighted by Crippen LogP contribution is -2.60. The second-order valence-electron chi connectivity index (χ2n) is 11.3. The number of aryl methyl sites for hydroxylation is 1. The first-order valence-corrected chi connectivity index (χ1v) is 13.6. The van der Waals surface area contributed by atoms with Crippen LogP contribution >= 0.6 is 0 Å². The maximum absolute atomic E-state index is 13.4. The molecule has 3 atom stereocenters. The van der Waals surface area contributed by atoms with E-state index in [1.165, 1.54) is 4.90 Å². The van der Waals surface area contributed by atoms with E-state index in [2.05, 4.69) is 22.3 Å². The van der Waals surface area contributed by atoms with Crippen LogP contribution < -0.4 is 5.32 Å². The van der Waals surface area contributed by atoms with Crippen molar-refractivity contribution in [3.63, 3.8) is 0 Å². The number of carbonyl (C=O) groups excluding carboxylic acids is 2. The van der Waals surface area contributed by atoms with Crippen LogP contribution in [0.1, 0.15) is 66.6 Å². The average molecular weight is 542 g/mol. The Morgan fingerprint density at radius 1 is 1.13 bits per heavy atom. The first-order valence-electron chi connectivity index (χ1n) is 13.6. The number of imidazole rings is 1. The normalized spacial score (nSPS) is 27.3. The van der Waals surface area contributed by atoms with Gasteiger partial charge in [0.15, 0.2) is 5.65 Å². The standard InChI is InChI=1S/C27H33F2N7O3/c1-15-3-5-16(6-4-15)22(33-25(37)21-9-10-30-35(21)2)24-32-20-8-7-19(31-23(20)34-24)17-11-39-12-18(17)26(38)36-13-27(28,29)14-36/h7-10,15-18,22H,3-6,11-14H2,1-2H3,(H,33,37)(H,31,32,34)/t15-,16-,17?,18?,22?. The zero-order valence-corrected chi connectivity index (χ0v) is 22.1. The van der Waals surface area contributed by atoms with Crippen LogP contribution in [-0.2, 0) is 16.6 Å². The van der Waals surface area contributed by atoms with E-state index in [1.54, 1.807) is 24.0 Å². The number of aromatic amines is 1. The van der Waals surface area contributed by atoms with Crippen molar-refractivity contribution in [2.45, 2.75) is 50.5 Å². The molecule has 2 amide bonds. The van der Waals surface area contributed by atoms with E-state index < -0.39 is 24.9 Å². The van der Waals surface area contributed by atoms with Crippen LogP contribution in [0.4, 0.5) is 8.78 Å². The largest absolute Gasteiger partial charge is 0.380 e. The molecular weight excluding hydrogens is 508 g/mol. The highest BCUT2D eigenvalue weighted by molar-refractivity contribution is 5.92. The number of alkyl halides is 2. The molecule has 0 aromatic carbocycles. The van der Waals surface area contributed by atoms with Gasteiger partial charge in [-0.25, -0.2) is 18.7 Å². The first-order chi connectivity index (χ1) is 18.7. The van der Waals surface area contributed by atoms with Crippen LogP contribution in [0.15, 0.2) is 24.4 Å². The molecule has 6 rings (SSSR count). The van der Waals surface area contributed by atoms with Crippen LogP contribution in [0.25, 0.3) is 11.2 Å². The molecule has 0 spiro atoms. The van der Waals surface area contributed by atoms with Crippen LogP contribution in [-0.4, -0.2) is 73.7 Å². The van der Waals surface area contributed by atoms with E-state index in [0.29, 0.717) is 35.4 Å². The highest BCUT2D eigenvalue weighted by Gasteiger charge is 2.50. The Bertz CT molecular complexity index is 1370. The van der Waals surface area contributed by atoms with Gasteiger partial charge in [-0.2, -0.15) is 5.10 Å². The monoisotopic (exact) mass is 541 g/mol. The van der Waals surface area contributed by atoms with Crippen molar-refractivity contribution in [3.8, 4) is 0 Å². The minimum absolute atomic E-state index is 0.180. The molecule has 0 bridgehead atoms. The molecule has 10 nitrogen and oxygen atoms in total. The van der Waals surface area contributed by atoms with E-state index >= 15 is 0 Å². The van der Waals surface area contributed by atoms with E-state index in [0.717, 1.165) is 31.2 Å². The summed E-state index contributed by atoms with van der Waals surface area (Å²) in [4.78, 5) is 40.2. The van der Waals surface area contributed by atoms with Gasteiger partial charge in [-0.1, -0.05) is 19.8 Å². The Morgan fingerprint density at radius 2 is 1.90 bits per heavy atom.